The molecule has 0 aliphatic heterocycles. The average molecular weight is 188 g/mol. The van der Waals surface area contributed by atoms with Gasteiger partial charge >= 0.3 is 0 Å². The van der Waals surface area contributed by atoms with Crippen molar-refractivity contribution < 1.29 is 0 Å². The van der Waals surface area contributed by atoms with Gasteiger partial charge in [0.25, 0.3) is 0 Å². The van der Waals surface area contributed by atoms with E-state index in [4.69, 9.17) is 5.26 Å². The fourth-order valence-electron chi connectivity index (χ4n) is 1.28. The molecule has 2 heteroatoms. The van der Waals surface area contributed by atoms with Gasteiger partial charge in [-0.1, -0.05) is 30.3 Å². The molecular weight excluding hydrogens is 172 g/mol. The van der Waals surface area contributed by atoms with Crippen molar-refractivity contribution in [3.63, 3.8) is 0 Å². The standard InChI is InChI=1S/C12H16N2/c1-12(10-13,14-2)9-8-11-6-4-3-5-7-11/h3-7,14H,8-9H2,1-2H3. The number of benzene rings is 1. The number of nitriles is 1. The van der Waals surface area contributed by atoms with Gasteiger partial charge in [0.05, 0.1) is 6.07 Å². The summed E-state index contributed by atoms with van der Waals surface area (Å²) in [7, 11) is 1.83. The van der Waals surface area contributed by atoms with Gasteiger partial charge in [0.2, 0.25) is 0 Å². The van der Waals surface area contributed by atoms with E-state index in [1.54, 1.807) is 0 Å². The molecule has 0 fully saturated rings. The van der Waals surface area contributed by atoms with Crippen molar-refractivity contribution in [2.24, 2.45) is 0 Å². The molecule has 0 aliphatic carbocycles. The highest BCUT2D eigenvalue weighted by atomic mass is 14.9. The van der Waals surface area contributed by atoms with Crippen molar-refractivity contribution in [1.29, 1.82) is 5.26 Å². The summed E-state index contributed by atoms with van der Waals surface area (Å²) in [5.74, 6) is 0. The molecule has 1 rings (SSSR count). The molecule has 1 aromatic carbocycles. The maximum absolute atomic E-state index is 8.95. The van der Waals surface area contributed by atoms with Crippen LogP contribution in [0.1, 0.15) is 18.9 Å². The molecule has 0 radical (unpaired) electrons. The van der Waals surface area contributed by atoms with Crippen LogP contribution in [0, 0.1) is 11.3 Å². The number of nitrogens with zero attached hydrogens (tertiary/aromatic N) is 1. The van der Waals surface area contributed by atoms with E-state index in [1.165, 1.54) is 5.56 Å². The second-order valence-electron chi connectivity index (χ2n) is 3.68. The van der Waals surface area contributed by atoms with Crippen LogP contribution < -0.4 is 5.32 Å². The molecule has 0 aromatic heterocycles. The maximum Gasteiger partial charge on any atom is 0.104 e. The van der Waals surface area contributed by atoms with Crippen molar-refractivity contribution in [1.82, 2.24) is 5.32 Å². The first-order valence-corrected chi connectivity index (χ1v) is 4.84. The molecule has 2 nitrogen and oxygen atoms in total. The van der Waals surface area contributed by atoms with Crippen LogP contribution in [0.15, 0.2) is 30.3 Å². The van der Waals surface area contributed by atoms with Crippen LogP contribution in [0.4, 0.5) is 0 Å². The molecule has 1 N–H and O–H groups in total. The first-order valence-electron chi connectivity index (χ1n) is 4.84. The zero-order valence-corrected chi connectivity index (χ0v) is 8.75. The third-order valence-electron chi connectivity index (χ3n) is 2.56. The third-order valence-corrected chi connectivity index (χ3v) is 2.56. The molecule has 0 amide bonds. The van der Waals surface area contributed by atoms with Gasteiger partial charge in [-0.15, -0.1) is 0 Å². The van der Waals surface area contributed by atoms with Crippen molar-refractivity contribution >= 4 is 0 Å². The molecule has 1 atom stereocenters. The van der Waals surface area contributed by atoms with E-state index in [9.17, 15) is 0 Å². The van der Waals surface area contributed by atoms with Gasteiger partial charge in [0, 0.05) is 0 Å². The van der Waals surface area contributed by atoms with Crippen LogP contribution in [0.2, 0.25) is 0 Å². The summed E-state index contributed by atoms with van der Waals surface area (Å²) in [6.07, 6.45) is 1.77. The van der Waals surface area contributed by atoms with Crippen LogP contribution in [-0.2, 0) is 6.42 Å². The summed E-state index contributed by atoms with van der Waals surface area (Å²) in [6, 6.07) is 12.5. The minimum atomic E-state index is -0.407. The topological polar surface area (TPSA) is 35.8 Å². The third kappa shape index (κ3) is 2.86. The van der Waals surface area contributed by atoms with Gasteiger partial charge in [-0.05, 0) is 32.4 Å². The molecule has 0 bridgehead atoms. The van der Waals surface area contributed by atoms with E-state index < -0.39 is 5.54 Å². The monoisotopic (exact) mass is 188 g/mol. The van der Waals surface area contributed by atoms with E-state index in [2.05, 4.69) is 23.5 Å². The molecule has 0 heterocycles. The highest BCUT2D eigenvalue weighted by Crippen LogP contribution is 2.12. The Hall–Kier alpha value is -1.33. The van der Waals surface area contributed by atoms with Crippen molar-refractivity contribution in [3.8, 4) is 6.07 Å². The summed E-state index contributed by atoms with van der Waals surface area (Å²) in [5.41, 5.74) is 0.875. The summed E-state index contributed by atoms with van der Waals surface area (Å²) in [5, 5.41) is 12.0. The molecule has 1 aromatic rings. The Labute approximate surface area is 85.6 Å². The highest BCUT2D eigenvalue weighted by molar-refractivity contribution is 5.16. The molecule has 74 valence electrons. The van der Waals surface area contributed by atoms with Crippen molar-refractivity contribution in [2.45, 2.75) is 25.3 Å². The average Bonchev–Trinajstić information content (AvgIpc) is 2.27. The lowest BCUT2D eigenvalue weighted by molar-refractivity contribution is 0.455. The lowest BCUT2D eigenvalue weighted by atomic mass is 9.95. The molecule has 14 heavy (non-hydrogen) atoms. The first-order chi connectivity index (χ1) is 6.70. The predicted molar refractivity (Wildman–Crippen MR) is 57.8 cm³/mol. The largest absolute Gasteiger partial charge is 0.303 e. The van der Waals surface area contributed by atoms with Gasteiger partial charge in [-0.25, -0.2) is 0 Å². The Morgan fingerprint density at radius 3 is 2.50 bits per heavy atom. The van der Waals surface area contributed by atoms with Crippen LogP contribution in [0.5, 0.6) is 0 Å². The number of hydrogen-bond donors (Lipinski definition) is 1. The van der Waals surface area contributed by atoms with Crippen LogP contribution >= 0.6 is 0 Å². The van der Waals surface area contributed by atoms with Gasteiger partial charge < -0.3 is 5.32 Å². The van der Waals surface area contributed by atoms with Crippen LogP contribution in [-0.4, -0.2) is 12.6 Å². The van der Waals surface area contributed by atoms with E-state index in [0.717, 1.165) is 12.8 Å². The fraction of sp³-hybridized carbons (Fsp3) is 0.417. The first kappa shape index (κ1) is 10.7. The van der Waals surface area contributed by atoms with Crippen LogP contribution in [0.3, 0.4) is 0 Å². The van der Waals surface area contributed by atoms with E-state index >= 15 is 0 Å². The minimum absolute atomic E-state index is 0.407. The molecule has 1 unspecified atom stereocenters. The number of nitrogens with one attached hydrogen (secondary N) is 1. The van der Waals surface area contributed by atoms with Gasteiger partial charge in [-0.2, -0.15) is 5.26 Å². The van der Waals surface area contributed by atoms with Crippen molar-refractivity contribution in [2.75, 3.05) is 7.05 Å². The molecule has 0 saturated heterocycles. The van der Waals surface area contributed by atoms with Gasteiger partial charge in [-0.3, -0.25) is 0 Å². The lowest BCUT2D eigenvalue weighted by Crippen LogP contribution is -2.38. The highest BCUT2D eigenvalue weighted by Gasteiger charge is 2.20. The van der Waals surface area contributed by atoms with Crippen LogP contribution in [0.25, 0.3) is 0 Å². The quantitative estimate of drug-likeness (QED) is 0.785. The molecule has 0 spiro atoms. The Bertz CT molecular complexity index is 313. The zero-order valence-electron chi connectivity index (χ0n) is 8.75. The molecule has 0 saturated carbocycles. The van der Waals surface area contributed by atoms with Crippen molar-refractivity contribution in [3.05, 3.63) is 35.9 Å². The minimum Gasteiger partial charge on any atom is -0.303 e. The SMILES string of the molecule is CNC(C)(C#N)CCc1ccccc1. The Morgan fingerprint density at radius 1 is 1.36 bits per heavy atom. The van der Waals surface area contributed by atoms with E-state index in [-0.39, 0.29) is 0 Å². The predicted octanol–water partition coefficient (Wildman–Crippen LogP) is 2.12. The number of aryl methyl sites for hydroxylation is 1. The Morgan fingerprint density at radius 2 is 2.00 bits per heavy atom. The smallest absolute Gasteiger partial charge is 0.104 e. The zero-order chi connectivity index (χ0) is 10.4. The summed E-state index contributed by atoms with van der Waals surface area (Å²) in [6.45, 7) is 1.93. The van der Waals surface area contributed by atoms with E-state index in [1.807, 2.05) is 32.2 Å². The Balaban J connectivity index is 2.53. The summed E-state index contributed by atoms with van der Waals surface area (Å²) >= 11 is 0. The fourth-order valence-corrected chi connectivity index (χ4v) is 1.28. The Kier molecular flexibility index (Phi) is 3.67. The summed E-state index contributed by atoms with van der Waals surface area (Å²) < 4.78 is 0. The summed E-state index contributed by atoms with van der Waals surface area (Å²) in [4.78, 5) is 0. The van der Waals surface area contributed by atoms with Gasteiger partial charge in [0.15, 0.2) is 0 Å². The second-order valence-corrected chi connectivity index (χ2v) is 3.68. The number of rotatable bonds is 4. The molecule has 0 aliphatic rings. The maximum atomic E-state index is 8.95. The lowest BCUT2D eigenvalue weighted by Gasteiger charge is -2.20. The van der Waals surface area contributed by atoms with Gasteiger partial charge in [0.1, 0.15) is 5.54 Å². The molecular formula is C12H16N2. The van der Waals surface area contributed by atoms with E-state index in [0.29, 0.717) is 0 Å². The second kappa shape index (κ2) is 4.78. The number of hydrogen-bond acceptors (Lipinski definition) is 2. The normalized spacial score (nSPS) is 14.4.